The molecular weight excluding hydrogens is 433 g/mol. The number of fused-ring (bicyclic) bond motifs is 1. The van der Waals surface area contributed by atoms with Gasteiger partial charge in [-0.1, -0.05) is 26.0 Å². The van der Waals surface area contributed by atoms with Crippen molar-refractivity contribution in [2.45, 2.75) is 32.9 Å². The van der Waals surface area contributed by atoms with E-state index in [4.69, 9.17) is 9.47 Å². The van der Waals surface area contributed by atoms with Crippen molar-refractivity contribution in [1.29, 1.82) is 0 Å². The highest BCUT2D eigenvalue weighted by Gasteiger charge is 2.25. The Labute approximate surface area is 198 Å². The molecule has 0 bridgehead atoms. The van der Waals surface area contributed by atoms with Gasteiger partial charge in [0.05, 0.1) is 30.6 Å². The number of nitrogens with zero attached hydrogens (tertiary/aromatic N) is 2. The zero-order valence-electron chi connectivity index (χ0n) is 19.7. The second-order valence-electron chi connectivity index (χ2n) is 8.52. The summed E-state index contributed by atoms with van der Waals surface area (Å²) in [5.41, 5.74) is 2.53. The Morgan fingerprint density at radius 3 is 2.47 bits per heavy atom. The van der Waals surface area contributed by atoms with Gasteiger partial charge in [0.2, 0.25) is 5.91 Å². The van der Waals surface area contributed by atoms with Crippen LogP contribution < -0.4 is 14.8 Å². The van der Waals surface area contributed by atoms with Crippen LogP contribution in [0.15, 0.2) is 72.9 Å². The lowest BCUT2D eigenvalue weighted by Gasteiger charge is -2.27. The van der Waals surface area contributed by atoms with E-state index in [0.29, 0.717) is 11.5 Å². The van der Waals surface area contributed by atoms with Crippen molar-refractivity contribution in [3.05, 3.63) is 84.3 Å². The first-order chi connectivity index (χ1) is 16.4. The van der Waals surface area contributed by atoms with E-state index in [1.54, 1.807) is 30.1 Å². The minimum atomic E-state index is -0.442. The van der Waals surface area contributed by atoms with Gasteiger partial charge in [-0.25, -0.2) is 9.07 Å². The number of carbonyl (C=O) groups excluding carboxylic acids is 1. The van der Waals surface area contributed by atoms with E-state index >= 15 is 0 Å². The van der Waals surface area contributed by atoms with Gasteiger partial charge in [0.25, 0.3) is 0 Å². The average Bonchev–Trinajstić information content (AvgIpc) is 3.26. The van der Waals surface area contributed by atoms with E-state index in [2.05, 4.69) is 10.4 Å². The van der Waals surface area contributed by atoms with Gasteiger partial charge in [0.15, 0.2) is 0 Å². The van der Waals surface area contributed by atoms with Crippen LogP contribution >= 0.6 is 0 Å². The molecule has 1 aromatic heterocycles. The third kappa shape index (κ3) is 5.03. The van der Waals surface area contributed by atoms with Gasteiger partial charge >= 0.3 is 0 Å². The number of hydrogen-bond donors (Lipinski definition) is 1. The Bertz CT molecular complexity index is 1280. The predicted molar refractivity (Wildman–Crippen MR) is 130 cm³/mol. The van der Waals surface area contributed by atoms with Gasteiger partial charge in [0, 0.05) is 11.3 Å². The number of hydrogen-bond acceptors (Lipinski definition) is 4. The van der Waals surface area contributed by atoms with E-state index in [1.165, 1.54) is 12.1 Å². The monoisotopic (exact) mass is 461 g/mol. The number of ether oxygens (including phenoxy) is 2. The average molecular weight is 462 g/mol. The van der Waals surface area contributed by atoms with Crippen LogP contribution in [0.3, 0.4) is 0 Å². The Balaban J connectivity index is 1.65. The molecule has 4 rings (SSSR count). The van der Waals surface area contributed by atoms with Crippen molar-refractivity contribution in [3.8, 4) is 17.2 Å². The third-order valence-corrected chi connectivity index (χ3v) is 5.64. The molecule has 1 amide bonds. The number of halogens is 1. The summed E-state index contributed by atoms with van der Waals surface area (Å²) < 4.78 is 26.9. The maximum atomic E-state index is 13.3. The predicted octanol–water partition coefficient (Wildman–Crippen LogP) is 5.45. The Morgan fingerprint density at radius 2 is 1.76 bits per heavy atom. The van der Waals surface area contributed by atoms with E-state index in [1.807, 2.05) is 63.2 Å². The summed E-state index contributed by atoms with van der Waals surface area (Å²) in [4.78, 5) is 12.4. The topological polar surface area (TPSA) is 65.4 Å². The Kier molecular flexibility index (Phi) is 6.82. The number of methoxy groups -OCH3 is 1. The molecular formula is C27H28FN3O3. The molecule has 0 aliphatic carbocycles. The second kappa shape index (κ2) is 9.95. The summed E-state index contributed by atoms with van der Waals surface area (Å²) in [7, 11) is 1.62. The summed E-state index contributed by atoms with van der Waals surface area (Å²) in [6.07, 6.45) is 1.30. The number of benzene rings is 3. The molecule has 6 nitrogen and oxygen atoms in total. The molecule has 1 heterocycles. The van der Waals surface area contributed by atoms with Crippen molar-refractivity contribution < 1.29 is 18.7 Å². The van der Waals surface area contributed by atoms with Crippen molar-refractivity contribution in [1.82, 2.24) is 15.1 Å². The van der Waals surface area contributed by atoms with E-state index < -0.39 is 6.10 Å². The van der Waals surface area contributed by atoms with Gasteiger partial charge in [-0.15, -0.1) is 0 Å². The summed E-state index contributed by atoms with van der Waals surface area (Å²) in [6.45, 7) is 5.64. The quantitative estimate of drug-likeness (QED) is 0.379. The molecule has 1 N–H and O–H groups in total. The largest absolute Gasteiger partial charge is 0.497 e. The maximum Gasteiger partial charge on any atom is 0.222 e. The molecule has 176 valence electrons. The lowest BCUT2D eigenvalue weighted by molar-refractivity contribution is -0.125. The number of amides is 1. The lowest BCUT2D eigenvalue weighted by atomic mass is 10.0. The summed E-state index contributed by atoms with van der Waals surface area (Å²) >= 11 is 0. The molecule has 0 saturated carbocycles. The van der Waals surface area contributed by atoms with Crippen LogP contribution in [-0.4, -0.2) is 28.8 Å². The van der Waals surface area contributed by atoms with Gasteiger partial charge in [0.1, 0.15) is 23.4 Å². The molecule has 34 heavy (non-hydrogen) atoms. The fraction of sp³-hybridized carbons (Fsp3) is 0.259. The maximum absolute atomic E-state index is 13.3. The number of aromatic nitrogens is 2. The minimum Gasteiger partial charge on any atom is -0.497 e. The number of rotatable bonds is 8. The van der Waals surface area contributed by atoms with Crippen molar-refractivity contribution in [3.63, 3.8) is 0 Å². The molecule has 4 aromatic rings. The second-order valence-corrected chi connectivity index (χ2v) is 8.52. The van der Waals surface area contributed by atoms with Crippen molar-refractivity contribution >= 4 is 16.8 Å². The fourth-order valence-corrected chi connectivity index (χ4v) is 3.76. The SMILES string of the molecule is COc1cccc(C(Oc2ccc3c(cnn3-c3ccc(F)cc3)c2)C(C)NC(=O)C(C)C)c1. The minimum absolute atomic E-state index is 0.0416. The molecule has 3 aromatic carbocycles. The zero-order valence-corrected chi connectivity index (χ0v) is 19.7. The van der Waals surface area contributed by atoms with Gasteiger partial charge in [-0.3, -0.25) is 4.79 Å². The fourth-order valence-electron chi connectivity index (χ4n) is 3.76. The molecule has 0 fully saturated rings. The molecule has 7 heteroatoms. The van der Waals surface area contributed by atoms with Crippen LogP contribution in [0.5, 0.6) is 11.5 Å². The number of carbonyl (C=O) groups is 1. The first-order valence-corrected chi connectivity index (χ1v) is 11.2. The smallest absolute Gasteiger partial charge is 0.222 e. The summed E-state index contributed by atoms with van der Waals surface area (Å²) in [6, 6.07) is 19.2. The molecule has 0 aliphatic heterocycles. The first kappa shape index (κ1) is 23.3. The lowest BCUT2D eigenvalue weighted by Crippen LogP contribution is -2.41. The molecule has 0 spiro atoms. The van der Waals surface area contributed by atoms with Crippen LogP contribution in [0.25, 0.3) is 16.6 Å². The van der Waals surface area contributed by atoms with Crippen LogP contribution in [0, 0.1) is 11.7 Å². The van der Waals surface area contributed by atoms with Crippen LogP contribution in [-0.2, 0) is 4.79 Å². The van der Waals surface area contributed by atoms with Gasteiger partial charge < -0.3 is 14.8 Å². The third-order valence-electron chi connectivity index (χ3n) is 5.64. The van der Waals surface area contributed by atoms with E-state index in [9.17, 15) is 9.18 Å². The molecule has 0 aliphatic rings. The normalized spacial score (nSPS) is 13.0. The Morgan fingerprint density at radius 1 is 1.00 bits per heavy atom. The molecule has 2 atom stereocenters. The van der Waals surface area contributed by atoms with Crippen LogP contribution in [0.2, 0.25) is 0 Å². The highest BCUT2D eigenvalue weighted by Crippen LogP contribution is 2.30. The highest BCUT2D eigenvalue weighted by atomic mass is 19.1. The van der Waals surface area contributed by atoms with Crippen molar-refractivity contribution in [2.75, 3.05) is 7.11 Å². The van der Waals surface area contributed by atoms with Gasteiger partial charge in [-0.05, 0) is 67.1 Å². The molecule has 2 unspecified atom stereocenters. The van der Waals surface area contributed by atoms with E-state index in [-0.39, 0.29) is 23.7 Å². The van der Waals surface area contributed by atoms with Crippen LogP contribution in [0.4, 0.5) is 4.39 Å². The number of nitrogens with one attached hydrogen (secondary N) is 1. The summed E-state index contributed by atoms with van der Waals surface area (Å²) in [5.74, 6) is 0.884. The van der Waals surface area contributed by atoms with Crippen LogP contribution in [0.1, 0.15) is 32.4 Å². The first-order valence-electron chi connectivity index (χ1n) is 11.2. The molecule has 0 radical (unpaired) electrons. The standard InChI is InChI=1S/C27H28FN3O3/c1-17(2)27(32)30-18(3)26(19-6-5-7-23(14-19)33-4)34-24-12-13-25-20(15-24)16-29-31(25)22-10-8-21(28)9-11-22/h5-18,26H,1-4H3,(H,30,32). The zero-order chi connectivity index (χ0) is 24.2. The van der Waals surface area contributed by atoms with Gasteiger partial charge in [-0.2, -0.15) is 5.10 Å². The van der Waals surface area contributed by atoms with E-state index in [0.717, 1.165) is 22.2 Å². The summed E-state index contributed by atoms with van der Waals surface area (Å²) in [5, 5.41) is 8.39. The van der Waals surface area contributed by atoms with Crippen molar-refractivity contribution in [2.24, 2.45) is 5.92 Å². The Hall–Kier alpha value is -3.87. The highest BCUT2D eigenvalue weighted by molar-refractivity contribution is 5.82. The molecule has 0 saturated heterocycles.